The lowest BCUT2D eigenvalue weighted by Crippen LogP contribution is -2.22. The summed E-state index contributed by atoms with van der Waals surface area (Å²) in [5.74, 6) is 2.49. The van der Waals surface area contributed by atoms with Crippen molar-refractivity contribution in [2.45, 2.75) is 20.3 Å². The fourth-order valence-electron chi connectivity index (χ4n) is 2.26. The molecule has 0 saturated carbocycles. The molecular weight excluding hydrogens is 188 g/mol. The fraction of sp³-hybridized carbons (Fsp3) is 0.727. The number of nitrogen functional groups attached to an aromatic ring is 1. The maximum atomic E-state index is 5.92. The number of aromatic nitrogens is 2. The van der Waals surface area contributed by atoms with Crippen molar-refractivity contribution in [1.29, 1.82) is 0 Å². The summed E-state index contributed by atoms with van der Waals surface area (Å²) < 4.78 is 1.79. The Bertz CT molecular complexity index is 342. The molecule has 1 aromatic heterocycles. The predicted molar refractivity (Wildman–Crippen MR) is 62.8 cm³/mol. The summed E-state index contributed by atoms with van der Waals surface area (Å²) in [6, 6.07) is 0. The second kappa shape index (κ2) is 3.76. The van der Waals surface area contributed by atoms with E-state index in [-0.39, 0.29) is 0 Å². The van der Waals surface area contributed by atoms with Gasteiger partial charge < -0.3 is 10.6 Å². The minimum Gasteiger partial charge on any atom is -0.394 e. The Labute approximate surface area is 91.1 Å². The normalized spacial score (nSPS) is 21.6. The summed E-state index contributed by atoms with van der Waals surface area (Å²) in [4.78, 5) is 2.31. The van der Waals surface area contributed by atoms with Gasteiger partial charge in [0.2, 0.25) is 0 Å². The summed E-state index contributed by atoms with van der Waals surface area (Å²) in [6.07, 6.45) is 3.13. The zero-order valence-electron chi connectivity index (χ0n) is 9.77. The summed E-state index contributed by atoms with van der Waals surface area (Å²) in [7, 11) is 1.91. The van der Waals surface area contributed by atoms with Crippen molar-refractivity contribution in [2.75, 3.05) is 23.7 Å². The molecule has 0 aromatic carbocycles. The topological polar surface area (TPSA) is 47.1 Å². The molecule has 1 fully saturated rings. The van der Waals surface area contributed by atoms with Crippen LogP contribution in [0.25, 0.3) is 0 Å². The second-order valence-corrected chi connectivity index (χ2v) is 4.82. The van der Waals surface area contributed by atoms with Gasteiger partial charge in [-0.3, -0.25) is 4.68 Å². The van der Waals surface area contributed by atoms with Gasteiger partial charge in [0.25, 0.3) is 0 Å². The third-order valence-electron chi connectivity index (χ3n) is 3.30. The molecule has 0 spiro atoms. The van der Waals surface area contributed by atoms with E-state index in [4.69, 9.17) is 5.73 Å². The average molecular weight is 208 g/mol. The molecule has 1 aliphatic rings. The Morgan fingerprint density at radius 2 is 2.27 bits per heavy atom. The number of anilines is 2. The maximum absolute atomic E-state index is 5.92. The molecule has 1 unspecified atom stereocenters. The van der Waals surface area contributed by atoms with Crippen LogP contribution in [0.4, 0.5) is 11.5 Å². The number of hydrogen-bond acceptors (Lipinski definition) is 3. The summed E-state index contributed by atoms with van der Waals surface area (Å²) >= 11 is 0. The van der Waals surface area contributed by atoms with Crippen LogP contribution in [0.2, 0.25) is 0 Å². The monoisotopic (exact) mass is 208 g/mol. The highest BCUT2D eigenvalue weighted by atomic mass is 15.4. The lowest BCUT2D eigenvalue weighted by Gasteiger charge is -2.17. The van der Waals surface area contributed by atoms with Gasteiger partial charge in [0.15, 0.2) is 5.82 Å². The first-order valence-electron chi connectivity index (χ1n) is 5.62. The van der Waals surface area contributed by atoms with Crippen LogP contribution >= 0.6 is 0 Å². The first-order chi connectivity index (χ1) is 7.08. The molecule has 0 bridgehead atoms. The van der Waals surface area contributed by atoms with Gasteiger partial charge in [-0.2, -0.15) is 5.10 Å². The van der Waals surface area contributed by atoms with Gasteiger partial charge in [0.05, 0.1) is 5.69 Å². The van der Waals surface area contributed by atoms with Gasteiger partial charge in [-0.25, -0.2) is 0 Å². The van der Waals surface area contributed by atoms with E-state index in [0.717, 1.165) is 36.4 Å². The molecule has 1 atom stereocenters. The third-order valence-corrected chi connectivity index (χ3v) is 3.30. The molecule has 15 heavy (non-hydrogen) atoms. The molecule has 1 aromatic rings. The van der Waals surface area contributed by atoms with Crippen LogP contribution in [-0.2, 0) is 7.05 Å². The smallest absolute Gasteiger partial charge is 0.173 e. The Morgan fingerprint density at radius 1 is 1.53 bits per heavy atom. The molecule has 0 radical (unpaired) electrons. The standard InChI is InChI=1S/C11H20N4/c1-8(2)9-4-5-15(6-9)11-10(12)7-14(3)13-11/h7-9H,4-6,12H2,1-3H3. The van der Waals surface area contributed by atoms with Gasteiger partial charge in [-0.1, -0.05) is 13.8 Å². The fourth-order valence-corrected chi connectivity index (χ4v) is 2.26. The summed E-state index contributed by atoms with van der Waals surface area (Å²) in [6.45, 7) is 6.76. The second-order valence-electron chi connectivity index (χ2n) is 4.82. The van der Waals surface area contributed by atoms with Gasteiger partial charge in [0, 0.05) is 26.3 Å². The Morgan fingerprint density at radius 3 is 2.73 bits per heavy atom. The van der Waals surface area contributed by atoms with Gasteiger partial charge >= 0.3 is 0 Å². The van der Waals surface area contributed by atoms with E-state index in [2.05, 4.69) is 23.8 Å². The van der Waals surface area contributed by atoms with Gasteiger partial charge in [-0.15, -0.1) is 0 Å². The van der Waals surface area contributed by atoms with Crippen molar-refractivity contribution < 1.29 is 0 Å². The molecule has 2 rings (SSSR count). The molecule has 4 nitrogen and oxygen atoms in total. The average Bonchev–Trinajstić information content (AvgIpc) is 2.71. The van der Waals surface area contributed by atoms with Crippen LogP contribution in [0, 0.1) is 11.8 Å². The van der Waals surface area contributed by atoms with Crippen LogP contribution in [0.15, 0.2) is 6.20 Å². The lowest BCUT2D eigenvalue weighted by atomic mass is 9.95. The van der Waals surface area contributed by atoms with E-state index in [0.29, 0.717) is 0 Å². The van der Waals surface area contributed by atoms with E-state index >= 15 is 0 Å². The van der Waals surface area contributed by atoms with Crippen molar-refractivity contribution >= 4 is 11.5 Å². The van der Waals surface area contributed by atoms with Gasteiger partial charge in [0.1, 0.15) is 0 Å². The molecule has 84 valence electrons. The van der Waals surface area contributed by atoms with Crippen molar-refractivity contribution in [1.82, 2.24) is 9.78 Å². The minimum absolute atomic E-state index is 0.750. The molecule has 1 aliphatic heterocycles. The van der Waals surface area contributed by atoms with Crippen molar-refractivity contribution in [2.24, 2.45) is 18.9 Å². The molecule has 2 N–H and O–H groups in total. The van der Waals surface area contributed by atoms with E-state index in [1.165, 1.54) is 6.42 Å². The molecule has 0 aliphatic carbocycles. The minimum atomic E-state index is 0.750. The largest absolute Gasteiger partial charge is 0.394 e. The lowest BCUT2D eigenvalue weighted by molar-refractivity contribution is 0.422. The zero-order chi connectivity index (χ0) is 11.0. The van der Waals surface area contributed by atoms with Crippen LogP contribution in [0.1, 0.15) is 20.3 Å². The third kappa shape index (κ3) is 1.94. The van der Waals surface area contributed by atoms with Crippen molar-refractivity contribution in [3.05, 3.63) is 6.20 Å². The van der Waals surface area contributed by atoms with E-state index in [9.17, 15) is 0 Å². The SMILES string of the molecule is CC(C)C1CCN(c2nn(C)cc2N)C1. The number of hydrogen-bond donors (Lipinski definition) is 1. The Kier molecular flexibility index (Phi) is 2.59. The van der Waals surface area contributed by atoms with Crippen molar-refractivity contribution in [3.63, 3.8) is 0 Å². The first kappa shape index (κ1) is 10.3. The molecule has 0 amide bonds. The maximum Gasteiger partial charge on any atom is 0.173 e. The predicted octanol–water partition coefficient (Wildman–Crippen LogP) is 1.48. The number of aryl methyl sites for hydroxylation is 1. The van der Waals surface area contributed by atoms with E-state index in [1.807, 2.05) is 13.2 Å². The van der Waals surface area contributed by atoms with Crippen LogP contribution in [0.5, 0.6) is 0 Å². The highest BCUT2D eigenvalue weighted by molar-refractivity contribution is 5.62. The van der Waals surface area contributed by atoms with Crippen LogP contribution in [-0.4, -0.2) is 22.9 Å². The number of nitrogens with two attached hydrogens (primary N) is 1. The summed E-state index contributed by atoms with van der Waals surface area (Å²) in [5.41, 5.74) is 6.71. The molecular formula is C11H20N4. The number of nitrogens with zero attached hydrogens (tertiary/aromatic N) is 3. The highest BCUT2D eigenvalue weighted by Gasteiger charge is 2.27. The van der Waals surface area contributed by atoms with Crippen molar-refractivity contribution in [3.8, 4) is 0 Å². The van der Waals surface area contributed by atoms with Gasteiger partial charge in [-0.05, 0) is 18.3 Å². The van der Waals surface area contributed by atoms with E-state index in [1.54, 1.807) is 4.68 Å². The molecule has 1 saturated heterocycles. The first-order valence-corrected chi connectivity index (χ1v) is 5.62. The Hall–Kier alpha value is -1.19. The van der Waals surface area contributed by atoms with E-state index < -0.39 is 0 Å². The summed E-state index contributed by atoms with van der Waals surface area (Å²) in [5, 5.41) is 4.40. The van der Waals surface area contributed by atoms with Crippen LogP contribution < -0.4 is 10.6 Å². The highest BCUT2D eigenvalue weighted by Crippen LogP contribution is 2.30. The number of rotatable bonds is 2. The quantitative estimate of drug-likeness (QED) is 0.801. The van der Waals surface area contributed by atoms with Crippen LogP contribution in [0.3, 0.4) is 0 Å². The molecule has 2 heterocycles. The zero-order valence-corrected chi connectivity index (χ0v) is 9.77. The molecule has 4 heteroatoms. The Balaban J connectivity index is 2.11.